The van der Waals surface area contributed by atoms with Gasteiger partial charge in [-0.2, -0.15) is 0 Å². The molecule has 6 saturated heterocycles. The van der Waals surface area contributed by atoms with Crippen molar-refractivity contribution in [2.75, 3.05) is 0 Å². The van der Waals surface area contributed by atoms with Crippen LogP contribution in [0.4, 0.5) is 0 Å². The molecule has 7 aliphatic rings. The first kappa shape index (κ1) is 86.2. The molecule has 0 N–H and O–H groups in total. The molecule has 0 bridgehead atoms. The fourth-order valence-electron chi connectivity index (χ4n) is 11.4. The number of benzene rings is 2. The fourth-order valence-corrected chi connectivity index (χ4v) is 11.4. The third-order valence-electron chi connectivity index (χ3n) is 22.4. The monoisotopic (exact) mass is 1370 g/mol. The van der Waals surface area contributed by atoms with Crippen LogP contribution in [0.25, 0.3) is 5.57 Å². The van der Waals surface area contributed by atoms with E-state index in [0.29, 0.717) is 12.2 Å². The smallest absolute Gasteiger partial charge is 0.403 e. The molecule has 0 unspecified atom stereocenters. The second kappa shape index (κ2) is 36.1. The van der Waals surface area contributed by atoms with Crippen LogP contribution in [0.3, 0.4) is 0 Å². The number of hydrogen-bond donors (Lipinski definition) is 0. The minimum atomic E-state index is -1.65. The van der Waals surface area contributed by atoms with Gasteiger partial charge in [0.15, 0.2) is 0 Å². The third kappa shape index (κ3) is 24.9. The molecule has 2 aromatic rings. The Kier molecular flexibility index (Phi) is 31.4. The van der Waals surface area contributed by atoms with Crippen LogP contribution in [0.15, 0.2) is 143 Å². The Hall–Kier alpha value is -3.41. The molecule has 6 aliphatic heterocycles. The van der Waals surface area contributed by atoms with E-state index < -0.39 is 24.6 Å². The summed E-state index contributed by atoms with van der Waals surface area (Å²) in [7, 11) is -1.71. The van der Waals surface area contributed by atoms with Crippen molar-refractivity contribution in [3.63, 3.8) is 0 Å². The molecule has 0 aromatic heterocycles. The second-order valence-electron chi connectivity index (χ2n) is 34.5. The van der Waals surface area contributed by atoms with Gasteiger partial charge in [0.1, 0.15) is 6.71 Å². The molecule has 2 aromatic carbocycles. The van der Waals surface area contributed by atoms with E-state index in [4.69, 9.17) is 58.6 Å². The summed E-state index contributed by atoms with van der Waals surface area (Å²) in [6.45, 7) is 85.2. The van der Waals surface area contributed by atoms with Crippen LogP contribution in [-0.4, -0.2) is 117 Å². The Bertz CT molecular complexity index is 2880. The molecule has 0 spiro atoms. The van der Waals surface area contributed by atoms with Crippen LogP contribution < -0.4 is 0 Å². The third-order valence-corrected chi connectivity index (χ3v) is 22.4. The molecule has 0 amide bonds. The fraction of sp³-hybridized carbons (Fsp3) is 0.675. The summed E-state index contributed by atoms with van der Waals surface area (Å²) in [5.41, 5.74) is 1.13. The van der Waals surface area contributed by atoms with Gasteiger partial charge in [0.05, 0.1) is 67.2 Å². The summed E-state index contributed by atoms with van der Waals surface area (Å²) in [5.74, 6) is 0.803. The predicted octanol–water partition coefficient (Wildman–Crippen LogP) is 21.4. The standard InChI is InChI=1S/C16H29BO2.C16H23BO2.C15H21BO2.C10H19BO2.2C9H17BO2.C5H11B/c1-7-16(6,13-11-9-8-10-12-13)17-18-14(2,3)15(4,5)19-17;1-6-14(12-13-10-8-7-9-11-13)17-18-15(2,3)16(4,5)19-17;1-12(13-9-7-6-8-10-13)11-16-17-14(2,3)15(4,5)18-16;1-8(2)7-11-12-9(3,4)10(5,6)13-11;2*1-6-7-10-11-8(2,3)9(4,5)12-10;1-4-5-6(2)3/h7,13H,1,8-12H2,2-6H3;6-11,14H,1,12H2,2-5H3;6-10H,1,11H2,2-5H3;1,7H2,2-6H3;2*6H,1,7H2,2-5H3;4H,1,5H2,2-3H3/t16-;14-;;;;;/m01...../s1/i;;;;7D2;;. The molecule has 12 nitrogen and oxygen atoms in total. The SMILES string of the molecule is C=C(C)CB1OC(C)(C)C(C)(C)O1.C=C(CB1OC(C)(C)C(C)(C)O1)c1ccccc1.C=CCB(C)C.C=CCB1OC(C)(C)C(C)(C)O1.C=C[C@H](Cc1ccccc1)B1OC(C)(C)C(C)(C)O1.C=C[C@](C)(B1OC(C)(C)C(C)(C)O1)C1CCCCC1.[2H]C([2H])(C=C)B1OC(C)(C)C(C)(C)O1. The van der Waals surface area contributed by atoms with E-state index in [1.807, 2.05) is 77.1 Å². The molecule has 1 aliphatic carbocycles. The average Bonchev–Trinajstić information content (AvgIpc) is 1.62. The highest BCUT2D eigenvalue weighted by molar-refractivity contribution is 6.56. The minimum absolute atomic E-state index is 0.0779. The normalized spacial score (nSPS) is 24.3. The van der Waals surface area contributed by atoms with E-state index in [2.05, 4.69) is 248 Å². The summed E-state index contributed by atoms with van der Waals surface area (Å²) in [5, 5.41) is -0.0779. The van der Waals surface area contributed by atoms with E-state index >= 15 is 0 Å². The first-order valence-corrected chi connectivity index (χ1v) is 36.6. The lowest BCUT2D eigenvalue weighted by molar-refractivity contribution is 0.00578. The maximum absolute atomic E-state index is 7.62. The highest BCUT2D eigenvalue weighted by Gasteiger charge is 2.60. The van der Waals surface area contributed by atoms with Crippen LogP contribution in [0.2, 0.25) is 56.3 Å². The number of allylic oxidation sites excluding steroid dienone is 7. The van der Waals surface area contributed by atoms with Gasteiger partial charge in [0.2, 0.25) is 0 Å². The van der Waals surface area contributed by atoms with Crippen LogP contribution in [0.1, 0.15) is 226 Å². The van der Waals surface area contributed by atoms with Gasteiger partial charge in [-0.05, 0) is 202 Å². The highest BCUT2D eigenvalue weighted by Crippen LogP contribution is 2.53. The molecule has 9 rings (SSSR count). The largest absolute Gasteiger partial charge is 0.468 e. The van der Waals surface area contributed by atoms with E-state index in [1.165, 1.54) is 43.7 Å². The van der Waals surface area contributed by atoms with Gasteiger partial charge >= 0.3 is 42.7 Å². The van der Waals surface area contributed by atoms with Crippen LogP contribution in [-0.2, 0) is 62.3 Å². The molecule has 19 heteroatoms. The predicted molar refractivity (Wildman–Crippen MR) is 428 cm³/mol. The van der Waals surface area contributed by atoms with Crippen molar-refractivity contribution in [3.8, 4) is 0 Å². The van der Waals surface area contributed by atoms with E-state index in [1.54, 1.807) is 0 Å². The Balaban J connectivity index is 0.000000312. The zero-order valence-electron chi connectivity index (χ0n) is 69.8. The Morgan fingerprint density at radius 2 is 0.838 bits per heavy atom. The summed E-state index contributed by atoms with van der Waals surface area (Å²) in [4.78, 5) is 0. The Labute approximate surface area is 612 Å². The van der Waals surface area contributed by atoms with Crippen molar-refractivity contribution in [2.45, 2.75) is 342 Å². The molecule has 1 saturated carbocycles. The second-order valence-corrected chi connectivity index (χ2v) is 34.5. The topological polar surface area (TPSA) is 111 Å². The van der Waals surface area contributed by atoms with Crippen LogP contribution in [0, 0.1) is 5.92 Å². The molecule has 6 heterocycles. The lowest BCUT2D eigenvalue weighted by Crippen LogP contribution is -2.41. The van der Waals surface area contributed by atoms with Crippen molar-refractivity contribution < 1.29 is 58.6 Å². The van der Waals surface area contributed by atoms with Gasteiger partial charge < -0.3 is 55.9 Å². The van der Waals surface area contributed by atoms with Gasteiger partial charge in [-0.25, -0.2) is 0 Å². The van der Waals surface area contributed by atoms with E-state index in [9.17, 15) is 0 Å². The van der Waals surface area contributed by atoms with Crippen molar-refractivity contribution >= 4 is 55.0 Å². The Morgan fingerprint density at radius 3 is 1.17 bits per heavy atom. The van der Waals surface area contributed by atoms with E-state index in [0.717, 1.165) is 48.8 Å². The van der Waals surface area contributed by atoms with Crippen molar-refractivity contribution in [1.82, 2.24) is 0 Å². The molecule has 7 fully saturated rings. The summed E-state index contributed by atoms with van der Waals surface area (Å²) in [6, 6.07) is 20.6. The summed E-state index contributed by atoms with van der Waals surface area (Å²) < 4.78 is 86.1. The molecule has 99 heavy (non-hydrogen) atoms. The van der Waals surface area contributed by atoms with Crippen molar-refractivity contribution in [2.24, 2.45) is 5.92 Å². The average molecular weight is 1370 g/mol. The summed E-state index contributed by atoms with van der Waals surface area (Å²) in [6.07, 6.45) is 18.2. The molecule has 550 valence electrons. The van der Waals surface area contributed by atoms with Crippen LogP contribution >= 0.6 is 0 Å². The summed E-state index contributed by atoms with van der Waals surface area (Å²) >= 11 is 0. The van der Waals surface area contributed by atoms with Gasteiger partial charge in [0.25, 0.3) is 0 Å². The molecular formula is C80H137B7O12. The maximum atomic E-state index is 7.62. The lowest BCUT2D eigenvalue weighted by Gasteiger charge is -2.38. The zero-order valence-corrected chi connectivity index (χ0v) is 67.8. The number of hydrogen-bond acceptors (Lipinski definition) is 12. The van der Waals surface area contributed by atoms with Gasteiger partial charge in [-0.15, -0.1) is 39.5 Å². The van der Waals surface area contributed by atoms with Gasteiger partial charge in [-0.1, -0.05) is 162 Å². The molecule has 2 atom stereocenters. The first-order chi connectivity index (χ1) is 45.9. The van der Waals surface area contributed by atoms with Crippen molar-refractivity contribution in [1.29, 1.82) is 0 Å². The van der Waals surface area contributed by atoms with Gasteiger partial charge in [0, 0.05) is 39.1 Å². The van der Waals surface area contributed by atoms with E-state index in [-0.39, 0.29) is 103 Å². The minimum Gasteiger partial charge on any atom is -0.403 e. The van der Waals surface area contributed by atoms with Crippen molar-refractivity contribution in [3.05, 3.63) is 154 Å². The highest BCUT2D eigenvalue weighted by atomic mass is 16.7. The van der Waals surface area contributed by atoms with Crippen LogP contribution in [0.5, 0.6) is 0 Å². The van der Waals surface area contributed by atoms with Gasteiger partial charge in [-0.3, -0.25) is 0 Å². The number of rotatable bonds is 18. The zero-order chi connectivity index (χ0) is 77.7. The Morgan fingerprint density at radius 1 is 0.485 bits per heavy atom. The maximum Gasteiger partial charge on any atom is 0.468 e. The molecular weight excluding hydrogens is 1230 g/mol. The molecule has 0 radical (unpaired) electrons. The quantitative estimate of drug-likeness (QED) is 0.105. The lowest BCUT2D eigenvalue weighted by atomic mass is 9.50. The first-order valence-electron chi connectivity index (χ1n) is 37.6.